The lowest BCUT2D eigenvalue weighted by atomic mass is 9.98. The van der Waals surface area contributed by atoms with Gasteiger partial charge in [-0.05, 0) is 36.4 Å². The van der Waals surface area contributed by atoms with E-state index in [0.717, 1.165) is 15.6 Å². The standard InChI is InChI=1S/C18H13BrN4O/c1-24-17-3-2-12(19)8-14(17)13-9-16(11-4-6-22-7-5-11)23-18(21)15(13)10-20/h2-9H,1H3,(H2,21,23). The summed E-state index contributed by atoms with van der Waals surface area (Å²) in [5, 5.41) is 9.52. The van der Waals surface area contributed by atoms with E-state index < -0.39 is 0 Å². The third-order valence-electron chi connectivity index (χ3n) is 3.59. The quantitative estimate of drug-likeness (QED) is 0.740. The smallest absolute Gasteiger partial charge is 0.142 e. The number of hydrogen-bond acceptors (Lipinski definition) is 5. The van der Waals surface area contributed by atoms with E-state index in [-0.39, 0.29) is 5.82 Å². The molecule has 0 saturated heterocycles. The molecule has 0 spiro atoms. The average Bonchev–Trinajstić information content (AvgIpc) is 2.61. The first kappa shape index (κ1) is 16.0. The van der Waals surface area contributed by atoms with Crippen LogP contribution >= 0.6 is 15.9 Å². The Morgan fingerprint density at radius 1 is 1.12 bits per heavy atom. The van der Waals surface area contributed by atoms with Crippen LogP contribution in [0.25, 0.3) is 22.4 Å². The maximum Gasteiger partial charge on any atom is 0.142 e. The number of rotatable bonds is 3. The van der Waals surface area contributed by atoms with Crippen LogP contribution < -0.4 is 10.5 Å². The number of ether oxygens (including phenoxy) is 1. The van der Waals surface area contributed by atoms with Gasteiger partial charge in [-0.3, -0.25) is 4.98 Å². The summed E-state index contributed by atoms with van der Waals surface area (Å²) < 4.78 is 6.32. The number of pyridine rings is 2. The molecule has 0 bridgehead atoms. The number of nitrogen functional groups attached to an aromatic ring is 1. The zero-order valence-corrected chi connectivity index (χ0v) is 14.4. The van der Waals surface area contributed by atoms with E-state index in [4.69, 9.17) is 10.5 Å². The van der Waals surface area contributed by atoms with Gasteiger partial charge in [0.1, 0.15) is 23.2 Å². The second-order valence-electron chi connectivity index (χ2n) is 5.01. The van der Waals surface area contributed by atoms with Crippen LogP contribution in [-0.4, -0.2) is 17.1 Å². The molecule has 5 nitrogen and oxygen atoms in total. The lowest BCUT2D eigenvalue weighted by Gasteiger charge is -2.13. The Balaban J connectivity index is 2.30. The third-order valence-corrected chi connectivity index (χ3v) is 4.08. The van der Waals surface area contributed by atoms with E-state index in [9.17, 15) is 5.26 Å². The molecule has 3 aromatic rings. The Morgan fingerprint density at radius 3 is 2.54 bits per heavy atom. The largest absolute Gasteiger partial charge is 0.496 e. The highest BCUT2D eigenvalue weighted by Crippen LogP contribution is 2.37. The van der Waals surface area contributed by atoms with E-state index in [1.165, 1.54) is 0 Å². The maximum absolute atomic E-state index is 9.52. The molecule has 2 aromatic heterocycles. The third kappa shape index (κ3) is 2.94. The first-order valence-corrected chi connectivity index (χ1v) is 7.88. The van der Waals surface area contributed by atoms with Gasteiger partial charge in [-0.2, -0.15) is 5.26 Å². The van der Waals surface area contributed by atoms with Crippen molar-refractivity contribution in [2.24, 2.45) is 0 Å². The molecule has 0 radical (unpaired) electrons. The molecule has 0 aliphatic rings. The van der Waals surface area contributed by atoms with E-state index >= 15 is 0 Å². The molecule has 3 rings (SSSR count). The highest BCUT2D eigenvalue weighted by Gasteiger charge is 2.16. The highest BCUT2D eigenvalue weighted by atomic mass is 79.9. The molecule has 0 aliphatic carbocycles. The fourth-order valence-electron chi connectivity index (χ4n) is 2.46. The van der Waals surface area contributed by atoms with Gasteiger partial charge in [-0.1, -0.05) is 15.9 Å². The molecule has 0 unspecified atom stereocenters. The van der Waals surface area contributed by atoms with Gasteiger partial charge in [0.2, 0.25) is 0 Å². The molecule has 118 valence electrons. The fourth-order valence-corrected chi connectivity index (χ4v) is 2.82. The zero-order chi connectivity index (χ0) is 17.1. The van der Waals surface area contributed by atoms with Gasteiger partial charge in [0.05, 0.1) is 12.8 Å². The number of aromatic nitrogens is 2. The van der Waals surface area contributed by atoms with E-state index in [0.29, 0.717) is 22.6 Å². The summed E-state index contributed by atoms with van der Waals surface area (Å²) in [7, 11) is 1.59. The molecule has 1 aromatic carbocycles. The van der Waals surface area contributed by atoms with Crippen molar-refractivity contribution in [2.75, 3.05) is 12.8 Å². The Hall–Kier alpha value is -2.91. The van der Waals surface area contributed by atoms with Crippen LogP contribution in [0.3, 0.4) is 0 Å². The summed E-state index contributed by atoms with van der Waals surface area (Å²) in [6.45, 7) is 0. The van der Waals surface area contributed by atoms with Gasteiger partial charge in [-0.25, -0.2) is 4.98 Å². The number of nitrogens with zero attached hydrogens (tertiary/aromatic N) is 3. The Kier molecular flexibility index (Phi) is 4.45. The van der Waals surface area contributed by atoms with Crippen LogP contribution in [0.2, 0.25) is 0 Å². The minimum atomic E-state index is 0.184. The van der Waals surface area contributed by atoms with Crippen molar-refractivity contribution >= 4 is 21.7 Å². The molecular formula is C18H13BrN4O. The van der Waals surface area contributed by atoms with Crippen molar-refractivity contribution in [1.82, 2.24) is 9.97 Å². The minimum Gasteiger partial charge on any atom is -0.496 e. The second-order valence-corrected chi connectivity index (χ2v) is 5.92. The van der Waals surface area contributed by atoms with Crippen LogP contribution in [0.1, 0.15) is 5.56 Å². The maximum atomic E-state index is 9.52. The topological polar surface area (TPSA) is 84.8 Å². The van der Waals surface area contributed by atoms with Gasteiger partial charge < -0.3 is 10.5 Å². The molecule has 0 saturated carbocycles. The zero-order valence-electron chi connectivity index (χ0n) is 12.8. The molecule has 2 heterocycles. The predicted molar refractivity (Wildman–Crippen MR) is 96.3 cm³/mol. The first-order chi connectivity index (χ1) is 11.6. The molecule has 0 aliphatic heterocycles. The molecular weight excluding hydrogens is 368 g/mol. The Morgan fingerprint density at radius 2 is 1.88 bits per heavy atom. The predicted octanol–water partition coefficient (Wildman–Crippen LogP) is 4.04. The lowest BCUT2D eigenvalue weighted by Crippen LogP contribution is -2.00. The average molecular weight is 381 g/mol. The minimum absolute atomic E-state index is 0.184. The number of anilines is 1. The fraction of sp³-hybridized carbons (Fsp3) is 0.0556. The number of hydrogen-bond donors (Lipinski definition) is 1. The molecule has 2 N–H and O–H groups in total. The summed E-state index contributed by atoms with van der Waals surface area (Å²) >= 11 is 3.46. The summed E-state index contributed by atoms with van der Waals surface area (Å²) in [6, 6.07) is 13.3. The number of nitrogens with two attached hydrogens (primary N) is 1. The van der Waals surface area contributed by atoms with E-state index in [2.05, 4.69) is 32.0 Å². The van der Waals surface area contributed by atoms with Gasteiger partial charge in [0, 0.05) is 33.6 Å². The molecule has 24 heavy (non-hydrogen) atoms. The number of benzene rings is 1. The summed E-state index contributed by atoms with van der Waals surface area (Å²) in [5.74, 6) is 0.838. The number of methoxy groups -OCH3 is 1. The molecule has 6 heteroatoms. The van der Waals surface area contributed by atoms with Gasteiger partial charge in [0.25, 0.3) is 0 Å². The first-order valence-electron chi connectivity index (χ1n) is 7.09. The summed E-state index contributed by atoms with van der Waals surface area (Å²) in [6.07, 6.45) is 3.37. The van der Waals surface area contributed by atoms with Crippen LogP contribution in [-0.2, 0) is 0 Å². The SMILES string of the molecule is COc1ccc(Br)cc1-c1cc(-c2ccncc2)nc(N)c1C#N. The number of nitriles is 1. The van der Waals surface area contributed by atoms with Crippen molar-refractivity contribution in [1.29, 1.82) is 5.26 Å². The van der Waals surface area contributed by atoms with Gasteiger partial charge >= 0.3 is 0 Å². The van der Waals surface area contributed by atoms with Crippen molar-refractivity contribution in [3.63, 3.8) is 0 Å². The van der Waals surface area contributed by atoms with Crippen molar-refractivity contribution in [2.45, 2.75) is 0 Å². The Labute approximate surface area is 147 Å². The number of halogens is 1. The van der Waals surface area contributed by atoms with Crippen LogP contribution in [0, 0.1) is 11.3 Å². The van der Waals surface area contributed by atoms with E-state index in [1.807, 2.05) is 36.4 Å². The molecule has 0 fully saturated rings. The Bertz CT molecular complexity index is 936. The summed E-state index contributed by atoms with van der Waals surface area (Å²) in [4.78, 5) is 8.36. The highest BCUT2D eigenvalue weighted by molar-refractivity contribution is 9.10. The summed E-state index contributed by atoms with van der Waals surface area (Å²) in [5.41, 5.74) is 9.35. The van der Waals surface area contributed by atoms with Crippen LogP contribution in [0.5, 0.6) is 5.75 Å². The van der Waals surface area contributed by atoms with Crippen molar-refractivity contribution < 1.29 is 4.74 Å². The van der Waals surface area contributed by atoms with Crippen LogP contribution in [0.15, 0.2) is 53.3 Å². The monoisotopic (exact) mass is 380 g/mol. The molecule has 0 atom stereocenters. The van der Waals surface area contributed by atoms with Gasteiger partial charge in [-0.15, -0.1) is 0 Å². The van der Waals surface area contributed by atoms with E-state index in [1.54, 1.807) is 19.5 Å². The lowest BCUT2D eigenvalue weighted by molar-refractivity contribution is 0.416. The molecule has 0 amide bonds. The van der Waals surface area contributed by atoms with Gasteiger partial charge in [0.15, 0.2) is 0 Å². The second kappa shape index (κ2) is 6.69. The van der Waals surface area contributed by atoms with Crippen LogP contribution in [0.4, 0.5) is 5.82 Å². The van der Waals surface area contributed by atoms with Crippen molar-refractivity contribution in [3.8, 4) is 34.2 Å². The normalized spacial score (nSPS) is 10.2. The van der Waals surface area contributed by atoms with Crippen molar-refractivity contribution in [3.05, 3.63) is 58.8 Å².